The molecule has 8 nitrogen and oxygen atoms in total. The number of anilines is 2. The maximum absolute atomic E-state index is 11.3. The zero-order valence-corrected chi connectivity index (χ0v) is 9.98. The molecule has 1 aliphatic heterocycles. The van der Waals surface area contributed by atoms with Crippen LogP contribution in [0, 0.1) is 0 Å². The van der Waals surface area contributed by atoms with E-state index in [4.69, 9.17) is 0 Å². The molecule has 0 saturated carbocycles. The van der Waals surface area contributed by atoms with Crippen molar-refractivity contribution in [2.24, 2.45) is 4.99 Å². The fourth-order valence-electron chi connectivity index (χ4n) is 1.48. The molecule has 1 aromatic rings. The Labute approximate surface area is 106 Å². The van der Waals surface area contributed by atoms with Crippen molar-refractivity contribution >= 4 is 35.8 Å². The summed E-state index contributed by atoms with van der Waals surface area (Å²) in [7, 11) is 0. The molecule has 0 bridgehead atoms. The van der Waals surface area contributed by atoms with Gasteiger partial charge < -0.3 is 15.7 Å². The maximum Gasteiger partial charge on any atom is 0.336 e. The van der Waals surface area contributed by atoms with Gasteiger partial charge in [0.1, 0.15) is 11.0 Å². The first-order valence-corrected chi connectivity index (χ1v) is 5.39. The van der Waals surface area contributed by atoms with Gasteiger partial charge >= 0.3 is 11.8 Å². The van der Waals surface area contributed by atoms with Crippen LogP contribution in [0.2, 0.25) is 0 Å². The van der Waals surface area contributed by atoms with E-state index in [-0.39, 0.29) is 34.5 Å². The Morgan fingerprint density at radius 3 is 2.79 bits per heavy atom. The van der Waals surface area contributed by atoms with Crippen LogP contribution in [0.4, 0.5) is 11.5 Å². The van der Waals surface area contributed by atoms with Gasteiger partial charge in [0.2, 0.25) is 5.91 Å². The minimum absolute atomic E-state index is 0.0170. The van der Waals surface area contributed by atoms with E-state index < -0.39 is 17.6 Å². The number of nitrogens with one attached hydrogen (secondary N) is 2. The van der Waals surface area contributed by atoms with Gasteiger partial charge in [-0.3, -0.25) is 14.4 Å². The number of carbonyl (C=O) groups excluding carboxylic acids is 3. The number of hydrogen-bond acceptors (Lipinski definition) is 5. The van der Waals surface area contributed by atoms with Crippen LogP contribution in [0.15, 0.2) is 4.99 Å². The van der Waals surface area contributed by atoms with Gasteiger partial charge in [-0.25, -0.2) is 9.98 Å². The van der Waals surface area contributed by atoms with E-state index in [0.29, 0.717) is 0 Å². The summed E-state index contributed by atoms with van der Waals surface area (Å²) in [4.78, 5) is 41.0. The molecule has 3 amide bonds. The number of aromatic nitrogens is 1. The predicted octanol–water partition coefficient (Wildman–Crippen LogP) is -1.36. The van der Waals surface area contributed by atoms with E-state index in [1.54, 1.807) is 6.92 Å². The van der Waals surface area contributed by atoms with E-state index in [1.165, 1.54) is 0 Å². The highest BCUT2D eigenvalue weighted by Gasteiger charge is 2.24. The first-order valence-electron chi connectivity index (χ1n) is 5.39. The van der Waals surface area contributed by atoms with Crippen LogP contribution in [0.25, 0.3) is 6.58 Å². The zero-order chi connectivity index (χ0) is 14.2. The Balaban J connectivity index is 2.63. The molecule has 8 heteroatoms. The summed E-state index contributed by atoms with van der Waals surface area (Å²) in [6.45, 7) is 5.19. The lowest BCUT2D eigenvalue weighted by atomic mass is 10.2. The SMILES string of the molecule is C=c1nc(NC(=O)CC)c(O)c2c1=NC(=O)C(=O)N2. The number of fused-ring (bicyclic) bond motifs is 1. The molecule has 2 rings (SSSR count). The lowest BCUT2D eigenvalue weighted by molar-refractivity contribution is -0.134. The molecule has 0 fully saturated rings. The largest absolute Gasteiger partial charge is 0.503 e. The lowest BCUT2D eigenvalue weighted by Gasteiger charge is -2.13. The van der Waals surface area contributed by atoms with Crippen LogP contribution in [0.3, 0.4) is 0 Å². The molecule has 0 aliphatic carbocycles. The number of pyridine rings is 1. The first kappa shape index (κ1) is 12.7. The molecule has 0 spiro atoms. The van der Waals surface area contributed by atoms with Gasteiger partial charge in [0.25, 0.3) is 0 Å². The lowest BCUT2D eigenvalue weighted by Crippen LogP contribution is -2.40. The summed E-state index contributed by atoms with van der Waals surface area (Å²) in [5.41, 5.74) is -0.0870. The standard InChI is InChI=1S/C11H10N4O4/c1-3-5(16)13-9-8(17)7-6(4(2)12-9)14-10(18)11(19)15-7/h17H,2-3H2,1H3,(H,15,19)(H,12,13,16). The zero-order valence-electron chi connectivity index (χ0n) is 9.98. The number of amides is 3. The van der Waals surface area contributed by atoms with Crippen LogP contribution in [0.1, 0.15) is 13.3 Å². The van der Waals surface area contributed by atoms with E-state index in [2.05, 4.69) is 27.2 Å². The number of hydrogen-bond donors (Lipinski definition) is 3. The van der Waals surface area contributed by atoms with E-state index in [0.717, 1.165) is 0 Å². The number of aromatic hydroxyl groups is 1. The van der Waals surface area contributed by atoms with Crippen LogP contribution >= 0.6 is 0 Å². The Bertz CT molecular complexity index is 710. The second-order valence-corrected chi connectivity index (χ2v) is 3.75. The fourth-order valence-corrected chi connectivity index (χ4v) is 1.48. The van der Waals surface area contributed by atoms with Gasteiger partial charge in [0.15, 0.2) is 11.6 Å². The first-order chi connectivity index (χ1) is 8.93. The second kappa shape index (κ2) is 4.48. The molecular formula is C11H10N4O4. The average Bonchev–Trinajstić information content (AvgIpc) is 2.37. The molecule has 98 valence electrons. The van der Waals surface area contributed by atoms with Crippen molar-refractivity contribution in [2.75, 3.05) is 10.6 Å². The Hall–Kier alpha value is -2.77. The van der Waals surface area contributed by atoms with Crippen molar-refractivity contribution in [2.45, 2.75) is 13.3 Å². The smallest absolute Gasteiger partial charge is 0.336 e. The molecule has 0 atom stereocenters. The van der Waals surface area contributed by atoms with Gasteiger partial charge in [0.05, 0.1) is 5.35 Å². The second-order valence-electron chi connectivity index (χ2n) is 3.75. The quantitative estimate of drug-likeness (QED) is 0.569. The summed E-state index contributed by atoms with van der Waals surface area (Å²) in [6, 6.07) is 0. The summed E-state index contributed by atoms with van der Waals surface area (Å²) < 4.78 is 0. The number of nitrogens with zero attached hydrogens (tertiary/aromatic N) is 2. The highest BCUT2D eigenvalue weighted by Crippen LogP contribution is 2.26. The molecule has 19 heavy (non-hydrogen) atoms. The molecule has 3 N–H and O–H groups in total. The van der Waals surface area contributed by atoms with Gasteiger partial charge in [-0.05, 0) is 0 Å². The van der Waals surface area contributed by atoms with Crippen LogP contribution in [0.5, 0.6) is 5.75 Å². The molecule has 0 unspecified atom stereocenters. The number of carbonyl (C=O) groups is 3. The molecule has 0 aromatic carbocycles. The maximum atomic E-state index is 11.3. The summed E-state index contributed by atoms with van der Waals surface area (Å²) >= 11 is 0. The predicted molar refractivity (Wildman–Crippen MR) is 64.8 cm³/mol. The topological polar surface area (TPSA) is 121 Å². The van der Waals surface area contributed by atoms with Crippen LogP contribution in [-0.2, 0) is 14.4 Å². The Morgan fingerprint density at radius 1 is 1.47 bits per heavy atom. The van der Waals surface area contributed by atoms with Gasteiger partial charge in [0, 0.05) is 6.42 Å². The molecule has 1 aromatic heterocycles. The number of rotatable bonds is 2. The van der Waals surface area contributed by atoms with Gasteiger partial charge in [-0.1, -0.05) is 13.5 Å². The summed E-state index contributed by atoms with van der Waals surface area (Å²) in [6.07, 6.45) is 0.194. The van der Waals surface area contributed by atoms with E-state index in [9.17, 15) is 19.5 Å². The van der Waals surface area contributed by atoms with E-state index >= 15 is 0 Å². The molecule has 2 heterocycles. The average molecular weight is 262 g/mol. The third-order valence-electron chi connectivity index (χ3n) is 2.44. The summed E-state index contributed by atoms with van der Waals surface area (Å²) in [5.74, 6) is -2.93. The Morgan fingerprint density at radius 2 is 2.16 bits per heavy atom. The minimum atomic E-state index is -0.996. The molecule has 0 radical (unpaired) electrons. The minimum Gasteiger partial charge on any atom is -0.503 e. The molecular weight excluding hydrogens is 252 g/mol. The highest BCUT2D eigenvalue weighted by atomic mass is 16.3. The molecule has 1 aliphatic rings. The van der Waals surface area contributed by atoms with E-state index in [1.807, 2.05) is 0 Å². The van der Waals surface area contributed by atoms with Crippen LogP contribution < -0.4 is 21.3 Å². The van der Waals surface area contributed by atoms with Gasteiger partial charge in [-0.15, -0.1) is 0 Å². The highest BCUT2D eigenvalue weighted by molar-refractivity contribution is 6.41. The fraction of sp³-hybridized carbons (Fsp3) is 0.182. The Kier molecular flexibility index (Phi) is 2.99. The van der Waals surface area contributed by atoms with Crippen molar-refractivity contribution in [3.8, 4) is 5.75 Å². The molecule has 0 saturated heterocycles. The van der Waals surface area contributed by atoms with Gasteiger partial charge in [-0.2, -0.15) is 0 Å². The third-order valence-corrected chi connectivity index (χ3v) is 2.44. The normalized spacial score (nSPS) is 13.3. The summed E-state index contributed by atoms with van der Waals surface area (Å²) in [5, 5.41) is 14.5. The van der Waals surface area contributed by atoms with Crippen molar-refractivity contribution in [3.63, 3.8) is 0 Å². The van der Waals surface area contributed by atoms with Crippen molar-refractivity contribution in [1.82, 2.24) is 4.98 Å². The van der Waals surface area contributed by atoms with Crippen LogP contribution in [-0.4, -0.2) is 27.8 Å². The monoisotopic (exact) mass is 262 g/mol. The van der Waals surface area contributed by atoms with Crippen molar-refractivity contribution in [3.05, 3.63) is 10.7 Å². The third kappa shape index (κ3) is 2.15. The van der Waals surface area contributed by atoms with Crippen molar-refractivity contribution < 1.29 is 19.5 Å². The van der Waals surface area contributed by atoms with Crippen molar-refractivity contribution in [1.29, 1.82) is 0 Å².